The number of esters is 1. The summed E-state index contributed by atoms with van der Waals surface area (Å²) >= 11 is 18.0. The Kier molecular flexibility index (Phi) is 5.86. The van der Waals surface area contributed by atoms with Crippen LogP contribution >= 0.6 is 46.6 Å². The molecule has 1 atom stereocenters. The zero-order valence-electron chi connectivity index (χ0n) is 9.49. The van der Waals surface area contributed by atoms with E-state index in [9.17, 15) is 9.90 Å². The summed E-state index contributed by atoms with van der Waals surface area (Å²) in [5.41, 5.74) is 0.512. The van der Waals surface area contributed by atoms with E-state index in [1.807, 2.05) is 0 Å². The van der Waals surface area contributed by atoms with E-state index in [4.69, 9.17) is 44.4 Å². The standard InChI is InChI=1S/C9H12Cl3NO4S/c1-2-16-7(14)5-18-4-6-3-8(15,17-13-6)9(10,11)12/h15H,2-5H2,1H3. The van der Waals surface area contributed by atoms with Gasteiger partial charge < -0.3 is 14.7 Å². The van der Waals surface area contributed by atoms with Crippen molar-refractivity contribution >= 4 is 58.2 Å². The van der Waals surface area contributed by atoms with Crippen LogP contribution in [-0.2, 0) is 14.4 Å². The number of alkyl halides is 3. The van der Waals surface area contributed by atoms with Crippen molar-refractivity contribution in [1.82, 2.24) is 0 Å². The molecular formula is C9H12Cl3NO4S. The van der Waals surface area contributed by atoms with Crippen LogP contribution in [0.25, 0.3) is 0 Å². The van der Waals surface area contributed by atoms with Crippen molar-refractivity contribution in [2.45, 2.75) is 22.9 Å². The minimum Gasteiger partial charge on any atom is -0.465 e. The highest BCUT2D eigenvalue weighted by Crippen LogP contribution is 2.44. The number of thioether (sulfide) groups is 1. The molecule has 0 aliphatic carbocycles. The molecule has 0 fully saturated rings. The van der Waals surface area contributed by atoms with E-state index in [1.54, 1.807) is 6.92 Å². The van der Waals surface area contributed by atoms with Gasteiger partial charge in [-0.3, -0.25) is 4.79 Å². The molecule has 104 valence electrons. The molecule has 0 saturated carbocycles. The second kappa shape index (κ2) is 6.52. The molecule has 9 heteroatoms. The highest BCUT2D eigenvalue weighted by Gasteiger charge is 2.54. The molecule has 1 rings (SSSR count). The van der Waals surface area contributed by atoms with Gasteiger partial charge >= 0.3 is 5.97 Å². The first-order valence-corrected chi connectivity index (χ1v) is 7.34. The third kappa shape index (κ3) is 4.35. The normalized spacial score (nSPS) is 23.5. The Hall–Kier alpha value is 0.120. The molecule has 0 aromatic carbocycles. The van der Waals surface area contributed by atoms with E-state index in [1.165, 1.54) is 11.8 Å². The molecule has 0 saturated heterocycles. The average molecular weight is 337 g/mol. The number of hydrogen-bond donors (Lipinski definition) is 1. The lowest BCUT2D eigenvalue weighted by Crippen LogP contribution is -2.43. The highest BCUT2D eigenvalue weighted by molar-refractivity contribution is 8.00. The number of carbonyl (C=O) groups is 1. The Morgan fingerprint density at radius 3 is 2.83 bits per heavy atom. The van der Waals surface area contributed by atoms with Gasteiger partial charge in [0.1, 0.15) is 0 Å². The summed E-state index contributed by atoms with van der Waals surface area (Å²) < 4.78 is 2.78. The van der Waals surface area contributed by atoms with Crippen molar-refractivity contribution in [2.24, 2.45) is 5.16 Å². The van der Waals surface area contributed by atoms with E-state index in [-0.39, 0.29) is 18.1 Å². The first kappa shape index (κ1) is 16.2. The predicted octanol–water partition coefficient (Wildman–Crippen LogP) is 2.12. The lowest BCUT2D eigenvalue weighted by atomic mass is 10.2. The lowest BCUT2D eigenvalue weighted by Gasteiger charge is -2.26. The van der Waals surface area contributed by atoms with E-state index in [0.29, 0.717) is 18.1 Å². The molecule has 18 heavy (non-hydrogen) atoms. The van der Waals surface area contributed by atoms with E-state index < -0.39 is 9.58 Å². The van der Waals surface area contributed by atoms with Gasteiger partial charge in [0, 0.05) is 5.75 Å². The summed E-state index contributed by atoms with van der Waals surface area (Å²) in [4.78, 5) is 15.8. The summed E-state index contributed by atoms with van der Waals surface area (Å²) in [7, 11) is 0. The molecule has 0 amide bonds. The van der Waals surface area contributed by atoms with Crippen LogP contribution in [-0.4, -0.2) is 44.5 Å². The zero-order valence-corrected chi connectivity index (χ0v) is 12.6. The molecule has 1 heterocycles. The number of oxime groups is 1. The minimum absolute atomic E-state index is 0.0146. The van der Waals surface area contributed by atoms with Crippen LogP contribution in [0, 0.1) is 0 Å². The molecule has 0 bridgehead atoms. The number of hydrogen-bond acceptors (Lipinski definition) is 6. The third-order valence-electron chi connectivity index (χ3n) is 2.01. The number of nitrogens with zero attached hydrogens (tertiary/aromatic N) is 1. The zero-order chi connectivity index (χ0) is 13.8. The van der Waals surface area contributed by atoms with Crippen LogP contribution in [0.15, 0.2) is 5.16 Å². The second-order valence-electron chi connectivity index (χ2n) is 3.51. The van der Waals surface area contributed by atoms with Crippen LogP contribution < -0.4 is 0 Å². The predicted molar refractivity (Wildman–Crippen MR) is 72.3 cm³/mol. The van der Waals surface area contributed by atoms with Crippen molar-refractivity contribution in [3.8, 4) is 0 Å². The fourth-order valence-corrected chi connectivity index (χ4v) is 2.21. The molecule has 0 aromatic rings. The van der Waals surface area contributed by atoms with Gasteiger partial charge in [-0.15, -0.1) is 11.8 Å². The van der Waals surface area contributed by atoms with Crippen LogP contribution in [0.5, 0.6) is 0 Å². The van der Waals surface area contributed by atoms with Crippen LogP contribution in [0.3, 0.4) is 0 Å². The van der Waals surface area contributed by atoms with Crippen LogP contribution in [0.4, 0.5) is 0 Å². The molecule has 0 radical (unpaired) electrons. The van der Waals surface area contributed by atoms with Gasteiger partial charge in [0.25, 0.3) is 9.58 Å². The number of rotatable bonds is 5. The molecule has 1 unspecified atom stereocenters. The van der Waals surface area contributed by atoms with Crippen molar-refractivity contribution < 1.29 is 19.5 Å². The summed E-state index contributed by atoms with van der Waals surface area (Å²) in [5, 5.41) is 13.5. The summed E-state index contributed by atoms with van der Waals surface area (Å²) in [6, 6.07) is 0. The van der Waals surface area contributed by atoms with Gasteiger partial charge in [-0.1, -0.05) is 40.0 Å². The largest absolute Gasteiger partial charge is 0.465 e. The van der Waals surface area contributed by atoms with Gasteiger partial charge in [0.15, 0.2) is 0 Å². The number of aliphatic hydroxyl groups is 1. The molecule has 5 nitrogen and oxygen atoms in total. The Labute approximate surface area is 124 Å². The van der Waals surface area contributed by atoms with Gasteiger partial charge in [-0.25, -0.2) is 0 Å². The number of ether oxygens (including phenoxy) is 1. The van der Waals surface area contributed by atoms with Crippen molar-refractivity contribution in [2.75, 3.05) is 18.1 Å². The molecule has 1 aliphatic heterocycles. The maximum absolute atomic E-state index is 11.1. The van der Waals surface area contributed by atoms with Crippen LogP contribution in [0.1, 0.15) is 13.3 Å². The number of halogens is 3. The van der Waals surface area contributed by atoms with Gasteiger partial charge in [-0.05, 0) is 6.92 Å². The molecule has 1 aliphatic rings. The topological polar surface area (TPSA) is 68.1 Å². The van der Waals surface area contributed by atoms with Crippen molar-refractivity contribution in [3.63, 3.8) is 0 Å². The smallest absolute Gasteiger partial charge is 0.315 e. The Morgan fingerprint density at radius 1 is 1.67 bits per heavy atom. The second-order valence-corrected chi connectivity index (χ2v) is 6.77. The van der Waals surface area contributed by atoms with Crippen molar-refractivity contribution in [1.29, 1.82) is 0 Å². The monoisotopic (exact) mass is 335 g/mol. The SMILES string of the molecule is CCOC(=O)CSCC1=NOC(O)(C(Cl)(Cl)Cl)C1. The molecule has 0 aromatic heterocycles. The fourth-order valence-electron chi connectivity index (χ4n) is 1.17. The number of carbonyl (C=O) groups excluding carboxylic acids is 1. The maximum atomic E-state index is 11.1. The molecular weight excluding hydrogens is 325 g/mol. The Balaban J connectivity index is 2.33. The summed E-state index contributed by atoms with van der Waals surface area (Å²) in [6.45, 7) is 2.08. The first-order valence-electron chi connectivity index (χ1n) is 5.05. The van der Waals surface area contributed by atoms with Gasteiger partial charge in [-0.2, -0.15) is 0 Å². The van der Waals surface area contributed by atoms with Crippen molar-refractivity contribution in [3.05, 3.63) is 0 Å². The molecule has 0 spiro atoms. The Bertz CT molecular complexity index is 347. The summed E-state index contributed by atoms with van der Waals surface area (Å²) in [6.07, 6.45) is -0.0146. The highest BCUT2D eigenvalue weighted by atomic mass is 35.6. The fraction of sp³-hybridized carbons (Fsp3) is 0.778. The summed E-state index contributed by atoms with van der Waals surface area (Å²) in [5.74, 6) is -1.67. The van der Waals surface area contributed by atoms with E-state index in [2.05, 4.69) is 5.16 Å². The quantitative estimate of drug-likeness (QED) is 0.615. The van der Waals surface area contributed by atoms with Gasteiger partial charge in [0.05, 0.1) is 24.5 Å². The van der Waals surface area contributed by atoms with E-state index >= 15 is 0 Å². The lowest BCUT2D eigenvalue weighted by molar-refractivity contribution is -0.181. The van der Waals surface area contributed by atoms with Gasteiger partial charge in [0.2, 0.25) is 0 Å². The first-order chi connectivity index (χ1) is 8.28. The Morgan fingerprint density at radius 2 is 2.33 bits per heavy atom. The van der Waals surface area contributed by atoms with E-state index in [0.717, 1.165) is 0 Å². The minimum atomic E-state index is -1.98. The average Bonchev–Trinajstić information content (AvgIpc) is 2.61. The third-order valence-corrected chi connectivity index (χ3v) is 3.87. The maximum Gasteiger partial charge on any atom is 0.315 e. The molecule has 1 N–H and O–H groups in total. The van der Waals surface area contributed by atoms with Crippen LogP contribution in [0.2, 0.25) is 0 Å².